The molecule has 4 fully saturated rings. The van der Waals surface area contributed by atoms with Crippen molar-refractivity contribution in [1.29, 1.82) is 0 Å². The van der Waals surface area contributed by atoms with Crippen molar-refractivity contribution in [2.75, 3.05) is 66.5 Å². The molecule has 0 unspecified atom stereocenters. The highest BCUT2D eigenvalue weighted by Crippen LogP contribution is 2.13. The lowest BCUT2D eigenvalue weighted by molar-refractivity contribution is 0.138. The summed E-state index contributed by atoms with van der Waals surface area (Å²) in [6, 6.07) is 3.78. The van der Waals surface area contributed by atoms with Crippen LogP contribution in [-0.4, -0.2) is 121 Å². The molecule has 4 rings (SSSR count). The molecule has 0 amide bonds. The van der Waals surface area contributed by atoms with Crippen LogP contribution >= 0.6 is 0 Å². The van der Waals surface area contributed by atoms with Gasteiger partial charge in [-0.25, -0.2) is 0 Å². The fraction of sp³-hybridized carbons (Fsp3) is 1.00. The first-order valence-corrected chi connectivity index (χ1v) is 22.5. The highest BCUT2D eigenvalue weighted by Gasteiger charge is 2.16. The lowest BCUT2D eigenvalue weighted by Gasteiger charge is -2.34. The van der Waals surface area contributed by atoms with Crippen LogP contribution in [0.3, 0.4) is 0 Å². The molecule has 0 bridgehead atoms. The zero-order chi connectivity index (χ0) is 40.5. The quantitative estimate of drug-likeness (QED) is 0.277. The second-order valence-electron chi connectivity index (χ2n) is 14.1. The Bertz CT molecular complexity index is 518. The molecule has 0 saturated carbocycles. The van der Waals surface area contributed by atoms with Gasteiger partial charge in [0.2, 0.25) is 0 Å². The van der Waals surface area contributed by atoms with Gasteiger partial charge in [0.1, 0.15) is 0 Å². The standard InChI is InChI=1S/C9H19N.C8H17N.C7H15N.C6H13N.C5H13N.5C2H6.2CH4/c1-9(2)10-7-5-3-4-6-8-10;1-8(2)9-6-4-3-5-7-9;1-7(2)8-5-3-4-6-8;1-6(2)7-4-3-5-7;1-5(2)6(3)4;5*1-2;;/h9H,3-8H2,1-2H3;8H,3-7H2,1-2H3;7H,3-6H2,1-2H3;6H,3-5H2,1-2H3;5H,1-4H3;5*1-2H3;2*1H4. The van der Waals surface area contributed by atoms with Crippen LogP contribution in [0, 0.1) is 0 Å². The van der Waals surface area contributed by atoms with Crippen molar-refractivity contribution in [3.05, 3.63) is 0 Å². The third-order valence-electron chi connectivity index (χ3n) is 9.02. The van der Waals surface area contributed by atoms with Crippen LogP contribution in [0.2, 0.25) is 0 Å². The summed E-state index contributed by atoms with van der Waals surface area (Å²) in [5.41, 5.74) is 0. The van der Waals surface area contributed by atoms with Gasteiger partial charge in [-0.2, -0.15) is 0 Å². The Morgan fingerprint density at radius 2 is 0.423 bits per heavy atom. The Hall–Kier alpha value is -0.200. The van der Waals surface area contributed by atoms with E-state index in [-0.39, 0.29) is 14.9 Å². The summed E-state index contributed by atoms with van der Waals surface area (Å²) in [7, 11) is 4.15. The van der Waals surface area contributed by atoms with E-state index in [0.29, 0.717) is 6.04 Å². The molecule has 328 valence electrons. The number of hydrogen-bond donors (Lipinski definition) is 0. The predicted molar refractivity (Wildman–Crippen MR) is 252 cm³/mol. The largest absolute Gasteiger partial charge is 0.307 e. The highest BCUT2D eigenvalue weighted by molar-refractivity contribution is 4.71. The third-order valence-corrected chi connectivity index (χ3v) is 9.02. The van der Waals surface area contributed by atoms with Crippen LogP contribution in [0.1, 0.15) is 218 Å². The molecule has 4 saturated heterocycles. The maximum atomic E-state index is 2.59. The predicted octanol–water partition coefficient (Wildman–Crippen LogP) is 14.1. The van der Waals surface area contributed by atoms with Crippen molar-refractivity contribution in [3.63, 3.8) is 0 Å². The monoisotopic (exact) mass is 750 g/mol. The molecule has 0 atom stereocenters. The normalized spacial score (nSPS) is 16.8. The SMILES string of the molecule is C.C.CC.CC.CC.CC.CC.CC(C)N(C)C.CC(C)N1CCC1.CC(C)N1CCCC1.CC(C)N1CCCCC1.CC(C)N1CCCCCC1. The van der Waals surface area contributed by atoms with Crippen LogP contribution in [0.25, 0.3) is 0 Å². The first-order chi connectivity index (χ1) is 23.9. The number of nitrogens with zero attached hydrogens (tertiary/aromatic N) is 5. The maximum Gasteiger partial charge on any atom is 0.00386 e. The molecule has 4 aliphatic heterocycles. The molecule has 0 aromatic carbocycles. The number of likely N-dealkylation sites (tertiary alicyclic amines) is 4. The summed E-state index contributed by atoms with van der Waals surface area (Å²) in [5, 5.41) is 0. The van der Waals surface area contributed by atoms with Crippen LogP contribution < -0.4 is 0 Å². The summed E-state index contributed by atoms with van der Waals surface area (Å²) in [6.45, 7) is 53.2. The van der Waals surface area contributed by atoms with Crippen LogP contribution in [0.5, 0.6) is 0 Å². The Labute approximate surface area is 337 Å². The molecular formula is C47H115N5. The summed E-state index contributed by atoms with van der Waals surface area (Å²) >= 11 is 0. The van der Waals surface area contributed by atoms with Crippen molar-refractivity contribution >= 4 is 0 Å². The molecule has 52 heavy (non-hydrogen) atoms. The second-order valence-corrected chi connectivity index (χ2v) is 14.1. The lowest BCUT2D eigenvalue weighted by atomic mass is 10.1. The first kappa shape index (κ1) is 69.7. The van der Waals surface area contributed by atoms with E-state index < -0.39 is 0 Å². The minimum Gasteiger partial charge on any atom is -0.307 e. The zero-order valence-electron chi connectivity index (χ0n) is 39.9. The van der Waals surface area contributed by atoms with E-state index in [1.807, 2.05) is 69.2 Å². The molecule has 0 N–H and O–H groups in total. The third kappa shape index (κ3) is 47.8. The number of piperidine rings is 1. The Balaban J connectivity index is -0.0000000729. The average Bonchev–Trinajstić information content (AvgIpc) is 3.53. The molecule has 4 aliphatic rings. The summed E-state index contributed by atoms with van der Waals surface area (Å²) in [4.78, 5) is 12.3. The molecule has 0 spiro atoms. The summed E-state index contributed by atoms with van der Waals surface area (Å²) in [5.74, 6) is 0. The van der Waals surface area contributed by atoms with E-state index in [4.69, 9.17) is 0 Å². The van der Waals surface area contributed by atoms with Crippen molar-refractivity contribution in [2.24, 2.45) is 0 Å². The van der Waals surface area contributed by atoms with Gasteiger partial charge in [-0.3, -0.25) is 0 Å². The maximum absolute atomic E-state index is 2.59. The molecule has 5 nitrogen and oxygen atoms in total. The van der Waals surface area contributed by atoms with Gasteiger partial charge in [0.15, 0.2) is 0 Å². The van der Waals surface area contributed by atoms with Gasteiger partial charge in [-0.15, -0.1) is 0 Å². The molecule has 5 heteroatoms. The van der Waals surface area contributed by atoms with Gasteiger partial charge in [-0.1, -0.05) is 103 Å². The molecule has 4 heterocycles. The molecular weight excluding hydrogens is 635 g/mol. The van der Waals surface area contributed by atoms with E-state index >= 15 is 0 Å². The highest BCUT2D eigenvalue weighted by atomic mass is 15.2. The Morgan fingerprint density at radius 3 is 0.538 bits per heavy atom. The van der Waals surface area contributed by atoms with Crippen LogP contribution in [0.4, 0.5) is 0 Å². The Kier molecular flexibility index (Phi) is 73.9. The minimum absolute atomic E-state index is 0. The van der Waals surface area contributed by atoms with E-state index in [9.17, 15) is 0 Å². The van der Waals surface area contributed by atoms with Crippen LogP contribution in [0.15, 0.2) is 0 Å². The van der Waals surface area contributed by atoms with Gasteiger partial charge >= 0.3 is 0 Å². The molecule has 0 aliphatic carbocycles. The van der Waals surface area contributed by atoms with Crippen LogP contribution in [-0.2, 0) is 0 Å². The fourth-order valence-electron chi connectivity index (χ4n) is 5.16. The summed E-state index contributed by atoms with van der Waals surface area (Å²) in [6.07, 6.45) is 14.2. The van der Waals surface area contributed by atoms with Crippen molar-refractivity contribution in [3.8, 4) is 0 Å². The average molecular weight is 750 g/mol. The Morgan fingerprint density at radius 1 is 0.288 bits per heavy atom. The topological polar surface area (TPSA) is 16.2 Å². The van der Waals surface area contributed by atoms with Crippen molar-refractivity contribution in [1.82, 2.24) is 24.5 Å². The number of hydrogen-bond acceptors (Lipinski definition) is 5. The molecule has 0 aromatic heterocycles. The number of rotatable bonds is 5. The smallest absolute Gasteiger partial charge is 0.00386 e. The van der Waals surface area contributed by atoms with E-state index in [1.54, 1.807) is 0 Å². The minimum atomic E-state index is 0. The fourth-order valence-corrected chi connectivity index (χ4v) is 5.16. The van der Waals surface area contributed by atoms with Gasteiger partial charge in [0, 0.05) is 30.2 Å². The molecule has 0 aromatic rings. The van der Waals surface area contributed by atoms with Gasteiger partial charge in [0.25, 0.3) is 0 Å². The molecule has 0 radical (unpaired) electrons. The first-order valence-electron chi connectivity index (χ1n) is 22.5. The summed E-state index contributed by atoms with van der Waals surface area (Å²) < 4.78 is 0. The van der Waals surface area contributed by atoms with E-state index in [0.717, 1.165) is 24.2 Å². The van der Waals surface area contributed by atoms with Crippen molar-refractivity contribution < 1.29 is 0 Å². The van der Waals surface area contributed by atoms with E-state index in [2.05, 4.69) is 108 Å². The zero-order valence-corrected chi connectivity index (χ0v) is 39.9. The van der Waals surface area contributed by atoms with Crippen molar-refractivity contribution in [2.45, 2.75) is 248 Å². The van der Waals surface area contributed by atoms with Gasteiger partial charge in [-0.05, 0) is 181 Å². The second kappa shape index (κ2) is 55.1. The lowest BCUT2D eigenvalue weighted by Crippen LogP contribution is -2.41. The van der Waals surface area contributed by atoms with Gasteiger partial charge in [0.05, 0.1) is 0 Å². The van der Waals surface area contributed by atoms with E-state index in [1.165, 1.54) is 117 Å². The van der Waals surface area contributed by atoms with Gasteiger partial charge < -0.3 is 24.5 Å².